The van der Waals surface area contributed by atoms with Gasteiger partial charge in [-0.3, -0.25) is 24.8 Å². The van der Waals surface area contributed by atoms with E-state index < -0.39 is 51.2 Å². The zero-order valence-electron chi connectivity index (χ0n) is 9.16. The number of nitrogens with two attached hydrogens (primary N) is 1. The molecular weight excluding hydrogens is 322 g/mol. The second-order valence-corrected chi connectivity index (χ2v) is 6.24. The maximum Gasteiger partial charge on any atom is 0.297 e. The van der Waals surface area contributed by atoms with Crippen molar-refractivity contribution in [3.05, 3.63) is 32.4 Å². The molecule has 1 aromatic rings. The van der Waals surface area contributed by atoms with Gasteiger partial charge in [0, 0.05) is 12.1 Å². The molecule has 1 aromatic carbocycles. The predicted octanol–water partition coefficient (Wildman–Crippen LogP) is -0.603. The molecule has 0 aliphatic rings. The van der Waals surface area contributed by atoms with Crippen LogP contribution < -0.4 is 5.14 Å². The van der Waals surface area contributed by atoms with Crippen LogP contribution in [0.15, 0.2) is 21.9 Å². The highest BCUT2D eigenvalue weighted by atomic mass is 32.2. The van der Waals surface area contributed by atoms with Gasteiger partial charge in [-0.05, 0) is 0 Å². The Labute approximate surface area is 110 Å². The molecule has 0 saturated heterocycles. The number of rotatable bonds is 4. The average molecular weight is 327 g/mol. The van der Waals surface area contributed by atoms with Crippen molar-refractivity contribution in [2.24, 2.45) is 5.14 Å². The molecule has 0 radical (unpaired) electrons. The van der Waals surface area contributed by atoms with Gasteiger partial charge < -0.3 is 0 Å². The summed E-state index contributed by atoms with van der Waals surface area (Å²) >= 11 is 0. The number of primary sulfonamides is 1. The van der Waals surface area contributed by atoms with Gasteiger partial charge in [-0.1, -0.05) is 0 Å². The molecule has 0 aromatic heterocycles. The van der Waals surface area contributed by atoms with Crippen molar-refractivity contribution < 1.29 is 31.2 Å². The molecule has 0 unspecified atom stereocenters. The smallest absolute Gasteiger partial charge is 0.282 e. The third-order valence-corrected chi connectivity index (χ3v) is 3.82. The van der Waals surface area contributed by atoms with Gasteiger partial charge >= 0.3 is 0 Å². The normalized spacial score (nSPS) is 12.1. The molecule has 110 valence electrons. The van der Waals surface area contributed by atoms with E-state index >= 15 is 0 Å². The minimum absolute atomic E-state index is 0.155. The summed E-state index contributed by atoms with van der Waals surface area (Å²) in [7, 11) is -9.90. The average Bonchev–Trinajstić information content (AvgIpc) is 2.24. The lowest BCUT2D eigenvalue weighted by Crippen LogP contribution is -2.17. The van der Waals surface area contributed by atoms with Crippen LogP contribution in [0.5, 0.6) is 0 Å². The van der Waals surface area contributed by atoms with Crippen molar-refractivity contribution in [3.63, 3.8) is 0 Å². The number of nitro benzene ring substituents is 2. The summed E-state index contributed by atoms with van der Waals surface area (Å²) in [5.41, 5.74) is -2.87. The van der Waals surface area contributed by atoms with Crippen LogP contribution >= 0.6 is 0 Å². The van der Waals surface area contributed by atoms with Crippen molar-refractivity contribution in [2.75, 3.05) is 0 Å². The Morgan fingerprint density at radius 1 is 1.00 bits per heavy atom. The lowest BCUT2D eigenvalue weighted by Gasteiger charge is -2.04. The van der Waals surface area contributed by atoms with E-state index in [0.717, 1.165) is 0 Å². The number of hydrogen-bond donors (Lipinski definition) is 2. The molecular formula is C6H5N3O9S2. The van der Waals surface area contributed by atoms with Gasteiger partial charge in [-0.2, -0.15) is 8.42 Å². The van der Waals surface area contributed by atoms with E-state index in [9.17, 15) is 37.1 Å². The van der Waals surface area contributed by atoms with Crippen LogP contribution in [0.4, 0.5) is 11.4 Å². The topological polar surface area (TPSA) is 201 Å². The van der Waals surface area contributed by atoms with Crippen LogP contribution in [0.1, 0.15) is 0 Å². The van der Waals surface area contributed by atoms with Gasteiger partial charge in [0.05, 0.1) is 9.85 Å². The van der Waals surface area contributed by atoms with Crippen molar-refractivity contribution >= 4 is 31.5 Å². The maximum absolute atomic E-state index is 11.2. The first-order valence-electron chi connectivity index (χ1n) is 4.33. The molecule has 0 spiro atoms. The molecule has 14 heteroatoms. The Balaban J connectivity index is 4.04. The van der Waals surface area contributed by atoms with E-state index in [2.05, 4.69) is 5.14 Å². The molecule has 0 fully saturated rings. The second kappa shape index (κ2) is 4.75. The number of hydrogen-bond acceptors (Lipinski definition) is 8. The van der Waals surface area contributed by atoms with Crippen LogP contribution in [-0.4, -0.2) is 31.2 Å². The van der Waals surface area contributed by atoms with E-state index in [-0.39, 0.29) is 12.1 Å². The van der Waals surface area contributed by atoms with Gasteiger partial charge in [0.1, 0.15) is 4.90 Å². The zero-order valence-corrected chi connectivity index (χ0v) is 10.8. The Morgan fingerprint density at radius 3 is 1.55 bits per heavy atom. The van der Waals surface area contributed by atoms with Gasteiger partial charge in [-0.25, -0.2) is 13.6 Å². The fraction of sp³-hybridized carbons (Fsp3) is 0. The summed E-state index contributed by atoms with van der Waals surface area (Å²) < 4.78 is 52.9. The van der Waals surface area contributed by atoms with Crippen molar-refractivity contribution in [2.45, 2.75) is 9.79 Å². The van der Waals surface area contributed by atoms with E-state index in [0.29, 0.717) is 0 Å². The first kappa shape index (κ1) is 15.9. The molecule has 0 aliphatic heterocycles. The fourth-order valence-electron chi connectivity index (χ4n) is 1.29. The van der Waals surface area contributed by atoms with Crippen LogP contribution in [-0.2, 0) is 20.1 Å². The van der Waals surface area contributed by atoms with Crippen molar-refractivity contribution in [3.8, 4) is 0 Å². The number of nitro groups is 2. The number of nitrogens with zero attached hydrogens (tertiary/aromatic N) is 2. The molecule has 0 aliphatic carbocycles. The maximum atomic E-state index is 11.2. The van der Waals surface area contributed by atoms with E-state index in [1.54, 1.807) is 0 Å². The molecule has 0 saturated carbocycles. The second-order valence-electron chi connectivity index (χ2n) is 3.32. The summed E-state index contributed by atoms with van der Waals surface area (Å²) in [6.45, 7) is 0. The molecule has 20 heavy (non-hydrogen) atoms. The van der Waals surface area contributed by atoms with Crippen LogP contribution in [0.2, 0.25) is 0 Å². The van der Waals surface area contributed by atoms with E-state index in [1.807, 2.05) is 0 Å². The third kappa shape index (κ3) is 3.05. The van der Waals surface area contributed by atoms with Crippen molar-refractivity contribution in [1.29, 1.82) is 0 Å². The zero-order chi connectivity index (χ0) is 15.9. The van der Waals surface area contributed by atoms with Crippen LogP contribution in [0.3, 0.4) is 0 Å². The highest BCUT2D eigenvalue weighted by molar-refractivity contribution is 7.89. The molecule has 3 N–H and O–H groups in total. The monoisotopic (exact) mass is 327 g/mol. The predicted molar refractivity (Wildman–Crippen MR) is 60.9 cm³/mol. The SMILES string of the molecule is NS(=O)(=O)c1c([N+](=O)[O-])cc(S(=O)(=O)O)cc1[N+](=O)[O-]. The largest absolute Gasteiger partial charge is 0.297 e. The summed E-state index contributed by atoms with van der Waals surface area (Å²) in [6, 6.07) is 0.310. The van der Waals surface area contributed by atoms with Gasteiger partial charge in [0.25, 0.3) is 31.5 Å². The first-order valence-corrected chi connectivity index (χ1v) is 7.31. The highest BCUT2D eigenvalue weighted by Gasteiger charge is 2.36. The molecule has 0 bridgehead atoms. The van der Waals surface area contributed by atoms with Crippen molar-refractivity contribution in [1.82, 2.24) is 0 Å². The van der Waals surface area contributed by atoms with Gasteiger partial charge in [0.2, 0.25) is 4.90 Å². The van der Waals surface area contributed by atoms with Gasteiger partial charge in [0.15, 0.2) is 0 Å². The summed E-state index contributed by atoms with van der Waals surface area (Å²) in [6.07, 6.45) is 0. The lowest BCUT2D eigenvalue weighted by molar-refractivity contribution is -0.400. The summed E-state index contributed by atoms with van der Waals surface area (Å²) in [4.78, 5) is 16.0. The molecule has 0 amide bonds. The summed E-state index contributed by atoms with van der Waals surface area (Å²) in [5, 5.41) is 26.1. The molecule has 0 heterocycles. The lowest BCUT2D eigenvalue weighted by atomic mass is 10.3. The number of sulfonamides is 1. The van der Waals surface area contributed by atoms with Gasteiger partial charge in [-0.15, -0.1) is 0 Å². The van der Waals surface area contributed by atoms with E-state index in [4.69, 9.17) is 4.55 Å². The molecule has 1 rings (SSSR count). The Hall–Kier alpha value is -2.16. The Morgan fingerprint density at radius 2 is 1.35 bits per heavy atom. The minimum Gasteiger partial charge on any atom is -0.282 e. The quantitative estimate of drug-likeness (QED) is 0.411. The molecule has 12 nitrogen and oxygen atoms in total. The molecule has 0 atom stereocenters. The van der Waals surface area contributed by atoms with Crippen LogP contribution in [0, 0.1) is 20.2 Å². The standard InChI is InChI=1S/C6H5N3O9S2/c7-19(14,15)6-4(8(10)11)1-3(20(16,17)18)2-5(6)9(12)13/h1-2H,(H2,7,14,15)(H,16,17,18). The number of benzene rings is 1. The first-order chi connectivity index (χ1) is 8.85. The minimum atomic E-state index is -5.02. The van der Waals surface area contributed by atoms with Crippen LogP contribution in [0.25, 0.3) is 0 Å². The Kier molecular flexibility index (Phi) is 3.77. The summed E-state index contributed by atoms with van der Waals surface area (Å²) in [5.74, 6) is 0. The highest BCUT2D eigenvalue weighted by Crippen LogP contribution is 2.34. The fourth-order valence-corrected chi connectivity index (χ4v) is 2.66. The van der Waals surface area contributed by atoms with E-state index in [1.165, 1.54) is 0 Å². The Bertz CT molecular complexity index is 775. The third-order valence-electron chi connectivity index (χ3n) is 2.00.